The van der Waals surface area contributed by atoms with Gasteiger partial charge in [-0.3, -0.25) is 4.72 Å². The summed E-state index contributed by atoms with van der Waals surface area (Å²) in [7, 11) is -2.25. The Balaban J connectivity index is 0.00000620. The minimum Gasteiger partial charge on any atom is -0.492 e. The van der Waals surface area contributed by atoms with Gasteiger partial charge >= 0.3 is 12.0 Å². The molecule has 2 amide bonds. The van der Waals surface area contributed by atoms with E-state index in [2.05, 4.69) is 25.7 Å². The van der Waals surface area contributed by atoms with Gasteiger partial charge in [0.1, 0.15) is 35.2 Å². The van der Waals surface area contributed by atoms with Gasteiger partial charge in [0, 0.05) is 34.8 Å². The number of methoxy groups -OCH3 is 1. The van der Waals surface area contributed by atoms with Crippen molar-refractivity contribution in [1.29, 1.82) is 0 Å². The van der Waals surface area contributed by atoms with Crippen LogP contribution in [0.25, 0.3) is 10.8 Å². The lowest BCUT2D eigenvalue weighted by Gasteiger charge is -2.24. The van der Waals surface area contributed by atoms with Crippen molar-refractivity contribution in [2.45, 2.75) is 32.8 Å². The van der Waals surface area contributed by atoms with Crippen LogP contribution in [-0.2, 0) is 22.0 Å². The second-order valence-corrected chi connectivity index (χ2v) is 15.6. The number of sulfonamides is 1. The van der Waals surface area contributed by atoms with Crippen LogP contribution in [-0.4, -0.2) is 43.9 Å². The van der Waals surface area contributed by atoms with Gasteiger partial charge < -0.3 is 35.3 Å². The van der Waals surface area contributed by atoms with E-state index >= 15 is 0 Å². The summed E-state index contributed by atoms with van der Waals surface area (Å²) < 4.78 is 44.6. The van der Waals surface area contributed by atoms with Crippen LogP contribution < -0.4 is 34.9 Å². The highest BCUT2D eigenvalue weighted by atomic mass is 35.5. The highest BCUT2D eigenvalue weighted by molar-refractivity contribution is 7.92. The molecule has 296 valence electrons. The molecule has 0 saturated carbocycles. The standard InChI is InChI=1S/C42H41N5O8S.ClH/c1-42(2,3)27-21-34(39(53-4)35(22-27)47-56(5,51)52)46-41(50)45-33-17-18-36(31-14-10-9-13-30(31)33)55-29-19-20-43-38(24-29)44-28-15-16-32(40(48)49)37(23-28)54-25-26-11-7-6-8-12-26;/h6-24,47H,25H2,1-5H3,(H,43,44)(H,48,49)(H2,45,46,50);1H. The summed E-state index contributed by atoms with van der Waals surface area (Å²) >= 11 is 0. The average Bonchev–Trinajstić information content (AvgIpc) is 3.14. The molecule has 15 heteroatoms. The number of aromatic nitrogens is 1. The minimum atomic E-state index is -3.65. The van der Waals surface area contributed by atoms with Crippen LogP contribution in [0.5, 0.6) is 23.0 Å². The maximum absolute atomic E-state index is 13.5. The molecule has 0 unspecified atom stereocenters. The molecule has 1 heterocycles. The number of halogens is 1. The molecule has 0 spiro atoms. The van der Waals surface area contributed by atoms with Gasteiger partial charge in [0.05, 0.1) is 30.4 Å². The first-order valence-corrected chi connectivity index (χ1v) is 19.3. The Morgan fingerprint density at radius 3 is 2.16 bits per heavy atom. The molecule has 0 aliphatic rings. The Morgan fingerprint density at radius 1 is 0.789 bits per heavy atom. The number of carboxylic acid groups (broad SMARTS) is 1. The Kier molecular flexibility index (Phi) is 12.8. The Morgan fingerprint density at radius 2 is 1.47 bits per heavy atom. The van der Waals surface area contributed by atoms with Crippen LogP contribution in [0.1, 0.15) is 42.3 Å². The van der Waals surface area contributed by atoms with Gasteiger partial charge in [-0.1, -0.05) is 75.4 Å². The number of nitrogens with zero attached hydrogens (tertiary/aromatic N) is 1. The van der Waals surface area contributed by atoms with Gasteiger partial charge in [0.2, 0.25) is 10.0 Å². The number of nitrogens with one attached hydrogen (secondary N) is 4. The summed E-state index contributed by atoms with van der Waals surface area (Å²) in [5, 5.41) is 20.1. The minimum absolute atomic E-state index is 0. The molecule has 0 radical (unpaired) electrons. The van der Waals surface area contributed by atoms with Gasteiger partial charge in [0.15, 0.2) is 5.75 Å². The second kappa shape index (κ2) is 17.5. The molecule has 0 saturated heterocycles. The lowest BCUT2D eigenvalue weighted by molar-refractivity contribution is 0.0691. The Hall–Kier alpha value is -6.51. The fourth-order valence-electron chi connectivity index (χ4n) is 5.84. The smallest absolute Gasteiger partial charge is 0.339 e. The fourth-order valence-corrected chi connectivity index (χ4v) is 6.40. The largest absolute Gasteiger partial charge is 0.492 e. The number of urea groups is 1. The topological polar surface area (TPSA) is 177 Å². The van der Waals surface area contributed by atoms with Crippen molar-refractivity contribution in [3.05, 3.63) is 132 Å². The normalized spacial score (nSPS) is 11.2. The van der Waals surface area contributed by atoms with Gasteiger partial charge in [-0.05, 0) is 59.0 Å². The third-order valence-electron chi connectivity index (χ3n) is 8.52. The molecule has 6 aromatic rings. The quantitative estimate of drug-likeness (QED) is 0.0754. The summed E-state index contributed by atoms with van der Waals surface area (Å²) in [6, 6.07) is 31.3. The van der Waals surface area contributed by atoms with Crippen molar-refractivity contribution in [3.63, 3.8) is 0 Å². The number of hydrogen-bond acceptors (Lipinski definition) is 9. The lowest BCUT2D eigenvalue weighted by atomic mass is 9.86. The van der Waals surface area contributed by atoms with E-state index in [-0.39, 0.29) is 52.9 Å². The molecule has 0 bridgehead atoms. The third kappa shape index (κ3) is 10.6. The average molecular weight is 812 g/mol. The number of carbonyl (C=O) groups excluding carboxylic acids is 1. The highest BCUT2D eigenvalue weighted by Crippen LogP contribution is 2.40. The van der Waals surface area contributed by atoms with Crippen LogP contribution in [0.2, 0.25) is 0 Å². The first-order valence-electron chi connectivity index (χ1n) is 17.4. The monoisotopic (exact) mass is 811 g/mol. The first kappa shape index (κ1) is 41.6. The summed E-state index contributed by atoms with van der Waals surface area (Å²) in [6.45, 7) is 6.12. The number of aromatic carboxylic acids is 1. The van der Waals surface area contributed by atoms with Crippen LogP contribution >= 0.6 is 12.4 Å². The summed E-state index contributed by atoms with van der Waals surface area (Å²) in [6.07, 6.45) is 2.63. The van der Waals surface area contributed by atoms with E-state index in [4.69, 9.17) is 14.2 Å². The van der Waals surface area contributed by atoms with Crippen LogP contribution in [0.4, 0.5) is 33.4 Å². The summed E-state index contributed by atoms with van der Waals surface area (Å²) in [4.78, 5) is 29.8. The number of benzene rings is 5. The van der Waals surface area contributed by atoms with Gasteiger partial charge in [-0.2, -0.15) is 0 Å². The molecule has 5 N–H and O–H groups in total. The van der Waals surface area contributed by atoms with E-state index in [1.54, 1.807) is 54.7 Å². The van der Waals surface area contributed by atoms with Gasteiger partial charge in [-0.25, -0.2) is 23.0 Å². The van der Waals surface area contributed by atoms with E-state index in [1.807, 2.05) is 75.4 Å². The number of fused-ring (bicyclic) bond motifs is 1. The molecular weight excluding hydrogens is 770 g/mol. The molecule has 1 aromatic heterocycles. The summed E-state index contributed by atoms with van der Waals surface area (Å²) in [5.74, 6) is 0.692. The number of ether oxygens (including phenoxy) is 3. The van der Waals surface area contributed by atoms with Crippen molar-refractivity contribution in [3.8, 4) is 23.0 Å². The van der Waals surface area contributed by atoms with E-state index in [0.717, 1.165) is 17.4 Å². The number of rotatable bonds is 13. The van der Waals surface area contributed by atoms with E-state index in [1.165, 1.54) is 13.2 Å². The SMILES string of the molecule is COc1c(NC(=O)Nc2ccc(Oc3ccnc(Nc4ccc(C(=O)O)c(OCc5ccccc5)c4)c3)c3ccccc23)cc(C(C)(C)C)cc1NS(C)(=O)=O.Cl. The zero-order valence-corrected chi connectivity index (χ0v) is 33.4. The van der Waals surface area contributed by atoms with E-state index in [9.17, 15) is 23.1 Å². The van der Waals surface area contributed by atoms with Crippen molar-refractivity contribution in [2.24, 2.45) is 0 Å². The van der Waals surface area contributed by atoms with Crippen molar-refractivity contribution >= 4 is 73.8 Å². The van der Waals surface area contributed by atoms with Crippen LogP contribution in [0.3, 0.4) is 0 Å². The van der Waals surface area contributed by atoms with Crippen LogP contribution in [0, 0.1) is 0 Å². The lowest BCUT2D eigenvalue weighted by Crippen LogP contribution is -2.22. The molecule has 0 aliphatic carbocycles. The van der Waals surface area contributed by atoms with Gasteiger partial charge in [-0.15, -0.1) is 12.4 Å². The molecule has 57 heavy (non-hydrogen) atoms. The zero-order valence-electron chi connectivity index (χ0n) is 31.7. The molecule has 6 rings (SSSR count). The fraction of sp³-hybridized carbons (Fsp3) is 0.167. The molecule has 0 aliphatic heterocycles. The number of amides is 2. The molecular formula is C42H42ClN5O8S. The maximum atomic E-state index is 13.5. The Labute approximate surface area is 336 Å². The molecule has 0 atom stereocenters. The van der Waals surface area contributed by atoms with Crippen LogP contribution in [0.15, 0.2) is 115 Å². The predicted molar refractivity (Wildman–Crippen MR) is 226 cm³/mol. The number of hydrogen-bond donors (Lipinski definition) is 5. The number of anilines is 5. The van der Waals surface area contributed by atoms with E-state index in [0.29, 0.717) is 39.5 Å². The van der Waals surface area contributed by atoms with Gasteiger partial charge in [0.25, 0.3) is 0 Å². The maximum Gasteiger partial charge on any atom is 0.339 e. The molecule has 0 fully saturated rings. The highest BCUT2D eigenvalue weighted by Gasteiger charge is 2.23. The summed E-state index contributed by atoms with van der Waals surface area (Å²) in [5.41, 5.74) is 2.87. The van der Waals surface area contributed by atoms with Crippen molar-refractivity contribution < 1.29 is 37.3 Å². The molecule has 13 nitrogen and oxygen atoms in total. The first-order chi connectivity index (χ1) is 26.7. The predicted octanol–water partition coefficient (Wildman–Crippen LogP) is 9.79. The zero-order chi connectivity index (χ0) is 40.0. The number of pyridine rings is 1. The van der Waals surface area contributed by atoms with Crippen molar-refractivity contribution in [1.82, 2.24) is 4.98 Å². The number of carboxylic acids is 1. The third-order valence-corrected chi connectivity index (χ3v) is 9.11. The Bertz CT molecular complexity index is 2530. The van der Waals surface area contributed by atoms with Crippen molar-refractivity contribution in [2.75, 3.05) is 34.0 Å². The van der Waals surface area contributed by atoms with E-state index < -0.39 is 22.0 Å². The second-order valence-electron chi connectivity index (χ2n) is 13.9. The number of carbonyl (C=O) groups is 2. The molecule has 5 aromatic carbocycles.